The molecule has 1 aromatic carbocycles. The highest BCUT2D eigenvalue weighted by molar-refractivity contribution is 6.13. The molecule has 4 rings (SSSR count). The first-order chi connectivity index (χ1) is 17.9. The normalized spacial score (nSPS) is 24.0. The molecular formula is C29H37F3N2O4. The van der Waals surface area contributed by atoms with E-state index < -0.39 is 40.3 Å². The smallest absolute Gasteiger partial charge is 0.425 e. The maximum absolute atomic E-state index is 14.9. The highest BCUT2D eigenvalue weighted by atomic mass is 19.4. The van der Waals surface area contributed by atoms with Crippen LogP contribution in [0.15, 0.2) is 35.5 Å². The Morgan fingerprint density at radius 3 is 2.34 bits per heavy atom. The van der Waals surface area contributed by atoms with E-state index >= 15 is 0 Å². The molecule has 0 saturated heterocycles. The van der Waals surface area contributed by atoms with Gasteiger partial charge in [0.1, 0.15) is 5.75 Å². The molecule has 0 spiro atoms. The zero-order valence-corrected chi connectivity index (χ0v) is 22.4. The number of alkyl halides is 3. The molecule has 1 heterocycles. The molecule has 6 nitrogen and oxygen atoms in total. The molecule has 1 fully saturated rings. The predicted molar refractivity (Wildman–Crippen MR) is 136 cm³/mol. The van der Waals surface area contributed by atoms with E-state index in [1.807, 2.05) is 0 Å². The van der Waals surface area contributed by atoms with E-state index in [2.05, 4.69) is 5.32 Å². The molecule has 1 saturated carbocycles. The van der Waals surface area contributed by atoms with Crippen LogP contribution in [0, 0.1) is 11.3 Å². The number of benzene rings is 1. The summed E-state index contributed by atoms with van der Waals surface area (Å²) in [6.45, 7) is 3.57. The topological polar surface area (TPSA) is 75.7 Å². The van der Waals surface area contributed by atoms with Gasteiger partial charge in [0.2, 0.25) is 11.4 Å². The van der Waals surface area contributed by atoms with Crippen LogP contribution in [0.25, 0.3) is 0 Å². The van der Waals surface area contributed by atoms with Crippen LogP contribution in [0.3, 0.4) is 0 Å². The third-order valence-corrected chi connectivity index (χ3v) is 8.16. The number of ether oxygens (including phenoxy) is 1. The number of allylic oxidation sites excluding steroid dienone is 1. The van der Waals surface area contributed by atoms with Gasteiger partial charge in [-0.3, -0.25) is 14.4 Å². The highest BCUT2D eigenvalue weighted by Crippen LogP contribution is 2.51. The second-order valence-electron chi connectivity index (χ2n) is 11.7. The van der Waals surface area contributed by atoms with E-state index in [4.69, 9.17) is 4.74 Å². The Morgan fingerprint density at radius 2 is 1.74 bits per heavy atom. The lowest BCUT2D eigenvalue weighted by atomic mass is 9.72. The molecule has 2 amide bonds. The first kappa shape index (κ1) is 28.2. The largest absolute Gasteiger partial charge is 0.497 e. The Morgan fingerprint density at radius 1 is 1.08 bits per heavy atom. The number of carbonyl (C=O) groups excluding carboxylic acids is 3. The average Bonchev–Trinajstić information content (AvgIpc) is 3.09. The van der Waals surface area contributed by atoms with Crippen molar-refractivity contribution in [3.8, 4) is 5.75 Å². The minimum absolute atomic E-state index is 0.0386. The summed E-state index contributed by atoms with van der Waals surface area (Å²) < 4.78 is 49.9. The highest BCUT2D eigenvalue weighted by Gasteiger charge is 2.71. The minimum Gasteiger partial charge on any atom is -0.497 e. The van der Waals surface area contributed by atoms with Crippen molar-refractivity contribution in [2.45, 2.75) is 89.8 Å². The Labute approximate surface area is 222 Å². The van der Waals surface area contributed by atoms with E-state index in [0.717, 1.165) is 42.6 Å². The van der Waals surface area contributed by atoms with Crippen molar-refractivity contribution in [2.24, 2.45) is 11.3 Å². The number of methoxy groups -OCH3 is 1. The number of nitrogens with one attached hydrogen (secondary N) is 1. The quantitative estimate of drug-likeness (QED) is 0.478. The first-order valence-electron chi connectivity index (χ1n) is 13.5. The van der Waals surface area contributed by atoms with Gasteiger partial charge in [-0.05, 0) is 48.3 Å². The zero-order chi connectivity index (χ0) is 27.7. The number of hydrogen-bond acceptors (Lipinski definition) is 4. The lowest BCUT2D eigenvalue weighted by Crippen LogP contribution is -2.66. The molecule has 9 heteroatoms. The summed E-state index contributed by atoms with van der Waals surface area (Å²) in [5.41, 5.74) is -3.67. The molecule has 38 heavy (non-hydrogen) atoms. The fourth-order valence-electron chi connectivity index (χ4n) is 6.18. The summed E-state index contributed by atoms with van der Waals surface area (Å²) >= 11 is 0. The van der Waals surface area contributed by atoms with Gasteiger partial charge in [0.25, 0.3) is 5.91 Å². The summed E-state index contributed by atoms with van der Waals surface area (Å²) in [7, 11) is 1.54. The lowest BCUT2D eigenvalue weighted by molar-refractivity contribution is -0.194. The van der Waals surface area contributed by atoms with Crippen molar-refractivity contribution in [3.63, 3.8) is 0 Å². The number of Topliss-reactive ketones (excluding diaryl/α,β-unsaturated/α-hetero) is 1. The SMILES string of the molecule is COc1ccc(CCN2C(=O)[C@@](NC(=O)CCC3CCCCC3)(C(F)(F)F)C3=C2CC(C)(C)CC3=O)cc1. The molecular weight excluding hydrogens is 497 g/mol. The van der Waals surface area contributed by atoms with Crippen LogP contribution in [0.1, 0.15) is 77.2 Å². The maximum Gasteiger partial charge on any atom is 0.425 e. The number of rotatable bonds is 8. The molecule has 0 radical (unpaired) electrons. The van der Waals surface area contributed by atoms with Crippen molar-refractivity contribution >= 4 is 17.6 Å². The molecule has 0 unspecified atom stereocenters. The van der Waals surface area contributed by atoms with E-state index in [0.29, 0.717) is 18.1 Å². The van der Waals surface area contributed by atoms with E-state index in [9.17, 15) is 27.6 Å². The Balaban J connectivity index is 1.64. The lowest BCUT2D eigenvalue weighted by Gasteiger charge is -2.35. The van der Waals surface area contributed by atoms with Crippen molar-refractivity contribution in [1.29, 1.82) is 0 Å². The standard InChI is InChI=1S/C29H37F3N2O4/c1-27(2)17-22-25(23(35)18-27)28(29(30,31)32,33-24(36)14-11-19-7-5-4-6-8-19)26(37)34(22)16-15-20-9-12-21(38-3)13-10-20/h9-10,12-13,19H,4-8,11,14-18H2,1-3H3,(H,33,36)/t28-/m1/s1. The van der Waals surface area contributed by atoms with Gasteiger partial charge in [0.05, 0.1) is 12.7 Å². The Hall–Kier alpha value is -2.84. The first-order valence-corrected chi connectivity index (χ1v) is 13.5. The second-order valence-corrected chi connectivity index (χ2v) is 11.7. The molecule has 1 aliphatic heterocycles. The molecule has 3 aliphatic rings. The molecule has 0 aromatic heterocycles. The van der Waals surface area contributed by atoms with Gasteiger partial charge in [-0.2, -0.15) is 13.2 Å². The van der Waals surface area contributed by atoms with Crippen LogP contribution in [0.5, 0.6) is 5.75 Å². The fraction of sp³-hybridized carbons (Fsp3) is 0.621. The molecule has 0 bridgehead atoms. The van der Waals surface area contributed by atoms with Crippen LogP contribution in [-0.4, -0.2) is 47.9 Å². The monoisotopic (exact) mass is 534 g/mol. The number of ketones is 1. The van der Waals surface area contributed by atoms with Crippen molar-refractivity contribution < 1.29 is 32.3 Å². The van der Waals surface area contributed by atoms with Crippen molar-refractivity contribution in [1.82, 2.24) is 10.2 Å². The third kappa shape index (κ3) is 5.47. The van der Waals surface area contributed by atoms with Gasteiger partial charge in [-0.1, -0.05) is 58.1 Å². The minimum atomic E-state index is -5.17. The number of hydrogen-bond donors (Lipinski definition) is 1. The summed E-state index contributed by atoms with van der Waals surface area (Å²) in [6.07, 6.45) is 0.655. The molecule has 2 aliphatic carbocycles. The second kappa shape index (κ2) is 10.7. The summed E-state index contributed by atoms with van der Waals surface area (Å²) in [6, 6.07) is 7.06. The molecule has 1 N–H and O–H groups in total. The van der Waals surface area contributed by atoms with E-state index in [1.54, 1.807) is 38.1 Å². The Kier molecular flexibility index (Phi) is 7.96. The summed E-state index contributed by atoms with van der Waals surface area (Å²) in [4.78, 5) is 41.1. The average molecular weight is 535 g/mol. The van der Waals surface area contributed by atoms with Gasteiger partial charge >= 0.3 is 6.18 Å². The van der Waals surface area contributed by atoms with Gasteiger partial charge in [-0.25, -0.2) is 0 Å². The summed E-state index contributed by atoms with van der Waals surface area (Å²) in [5.74, 6) is -1.93. The maximum atomic E-state index is 14.9. The number of amides is 2. The van der Waals surface area contributed by atoms with Gasteiger partial charge < -0.3 is 15.0 Å². The molecule has 1 atom stereocenters. The van der Waals surface area contributed by atoms with Crippen LogP contribution in [-0.2, 0) is 20.8 Å². The fourth-order valence-corrected chi connectivity index (χ4v) is 6.18. The van der Waals surface area contributed by atoms with Crippen LogP contribution in [0.2, 0.25) is 0 Å². The number of halogens is 3. The number of carbonyl (C=O) groups is 3. The van der Waals surface area contributed by atoms with Gasteiger partial charge in [0, 0.05) is 25.1 Å². The van der Waals surface area contributed by atoms with Gasteiger partial charge in [0.15, 0.2) is 5.78 Å². The zero-order valence-electron chi connectivity index (χ0n) is 22.4. The third-order valence-electron chi connectivity index (χ3n) is 8.16. The number of nitrogens with zero attached hydrogens (tertiary/aromatic N) is 1. The molecule has 208 valence electrons. The predicted octanol–water partition coefficient (Wildman–Crippen LogP) is 5.50. The van der Waals surface area contributed by atoms with E-state index in [1.165, 1.54) is 7.11 Å². The van der Waals surface area contributed by atoms with Crippen molar-refractivity contribution in [3.05, 3.63) is 41.1 Å². The van der Waals surface area contributed by atoms with Gasteiger partial charge in [-0.15, -0.1) is 0 Å². The van der Waals surface area contributed by atoms with Crippen molar-refractivity contribution in [2.75, 3.05) is 13.7 Å². The van der Waals surface area contributed by atoms with Crippen LogP contribution >= 0.6 is 0 Å². The summed E-state index contributed by atoms with van der Waals surface area (Å²) in [5, 5.41) is 2.07. The van der Waals surface area contributed by atoms with Crippen LogP contribution < -0.4 is 10.1 Å². The Bertz CT molecular complexity index is 1100. The van der Waals surface area contributed by atoms with Crippen LogP contribution in [0.4, 0.5) is 13.2 Å². The van der Waals surface area contributed by atoms with E-state index in [-0.39, 0.29) is 37.9 Å². The molecule has 1 aromatic rings.